The highest BCUT2D eigenvalue weighted by molar-refractivity contribution is 7.99. The molecule has 1 aliphatic rings. The van der Waals surface area contributed by atoms with Gasteiger partial charge >= 0.3 is 0 Å². The minimum absolute atomic E-state index is 0.0660. The summed E-state index contributed by atoms with van der Waals surface area (Å²) in [6.45, 7) is 0. The van der Waals surface area contributed by atoms with E-state index in [-0.39, 0.29) is 11.4 Å². The van der Waals surface area contributed by atoms with Crippen LogP contribution in [0.15, 0.2) is 0 Å². The van der Waals surface area contributed by atoms with E-state index >= 15 is 0 Å². The van der Waals surface area contributed by atoms with Crippen molar-refractivity contribution in [3.05, 3.63) is 0 Å². The maximum Gasteiger partial charge on any atom is 0.222 e. The average Bonchev–Trinajstić information content (AvgIpc) is 1.64. The standard InChI is InChI=1S/C4H8N2OS/c5-4-6-3(7)1-2-8-4/h4H,1-2,5H2,(H,6,7)/t4-/m1/s1. The second kappa shape index (κ2) is 2.37. The Morgan fingerprint density at radius 2 is 2.62 bits per heavy atom. The molecule has 1 fully saturated rings. The molecule has 46 valence electrons. The monoisotopic (exact) mass is 132 g/mol. The van der Waals surface area contributed by atoms with E-state index < -0.39 is 0 Å². The normalized spacial score (nSPS) is 29.6. The van der Waals surface area contributed by atoms with Crippen molar-refractivity contribution >= 4 is 17.7 Å². The number of thioether (sulfide) groups is 1. The molecule has 1 heterocycles. The van der Waals surface area contributed by atoms with Crippen molar-refractivity contribution in [2.75, 3.05) is 5.75 Å². The Bertz CT molecular complexity index is 106. The molecule has 0 unspecified atom stereocenters. The molecule has 3 nitrogen and oxygen atoms in total. The van der Waals surface area contributed by atoms with Gasteiger partial charge in [-0.1, -0.05) is 0 Å². The lowest BCUT2D eigenvalue weighted by molar-refractivity contribution is -0.121. The molecule has 0 aromatic heterocycles. The van der Waals surface area contributed by atoms with Crippen LogP contribution < -0.4 is 11.1 Å². The third-order valence-electron chi connectivity index (χ3n) is 0.930. The van der Waals surface area contributed by atoms with Crippen LogP contribution in [0.5, 0.6) is 0 Å². The van der Waals surface area contributed by atoms with Crippen LogP contribution in [0.4, 0.5) is 0 Å². The van der Waals surface area contributed by atoms with Gasteiger partial charge in [0, 0.05) is 12.2 Å². The zero-order chi connectivity index (χ0) is 5.98. The minimum atomic E-state index is -0.170. The molecule has 0 saturated carbocycles. The summed E-state index contributed by atoms with van der Waals surface area (Å²) in [5.74, 6) is 0.920. The Morgan fingerprint density at radius 1 is 1.88 bits per heavy atom. The second-order valence-corrected chi connectivity index (χ2v) is 2.86. The fraction of sp³-hybridized carbons (Fsp3) is 0.750. The first-order valence-electron chi connectivity index (χ1n) is 2.45. The Hall–Kier alpha value is -0.220. The quantitative estimate of drug-likeness (QED) is 0.466. The number of carbonyl (C=O) groups is 1. The number of rotatable bonds is 0. The molecule has 8 heavy (non-hydrogen) atoms. The zero-order valence-electron chi connectivity index (χ0n) is 4.39. The van der Waals surface area contributed by atoms with Gasteiger partial charge in [-0.15, -0.1) is 11.8 Å². The first-order valence-corrected chi connectivity index (χ1v) is 3.50. The molecule has 0 aromatic carbocycles. The molecule has 1 aliphatic heterocycles. The summed E-state index contributed by atoms with van der Waals surface area (Å²) in [5.41, 5.74) is 5.19. The Kier molecular flexibility index (Phi) is 1.75. The predicted octanol–water partition coefficient (Wildman–Crippen LogP) is -0.518. The third-order valence-corrected chi connectivity index (χ3v) is 1.85. The van der Waals surface area contributed by atoms with Crippen LogP contribution in [0.2, 0.25) is 0 Å². The van der Waals surface area contributed by atoms with Crippen LogP contribution in [0.25, 0.3) is 0 Å². The highest BCUT2D eigenvalue weighted by atomic mass is 32.2. The van der Waals surface area contributed by atoms with Gasteiger partial charge in [0.05, 0.1) is 0 Å². The third kappa shape index (κ3) is 1.38. The number of hydrogen-bond donors (Lipinski definition) is 2. The van der Waals surface area contributed by atoms with Gasteiger partial charge in [-0.05, 0) is 0 Å². The molecule has 1 atom stereocenters. The van der Waals surface area contributed by atoms with Crippen LogP contribution in [0.3, 0.4) is 0 Å². The fourth-order valence-corrected chi connectivity index (χ4v) is 1.32. The van der Waals surface area contributed by atoms with Gasteiger partial charge in [0.15, 0.2) is 0 Å². The molecule has 1 saturated heterocycles. The summed E-state index contributed by atoms with van der Waals surface area (Å²) in [4.78, 5) is 10.5. The Morgan fingerprint density at radius 3 is 3.00 bits per heavy atom. The van der Waals surface area contributed by atoms with E-state index in [9.17, 15) is 4.79 Å². The van der Waals surface area contributed by atoms with Crippen LogP contribution >= 0.6 is 11.8 Å². The molecule has 0 aromatic rings. The van der Waals surface area contributed by atoms with E-state index in [2.05, 4.69) is 5.32 Å². The van der Waals surface area contributed by atoms with Crippen LogP contribution in [-0.4, -0.2) is 17.2 Å². The predicted molar refractivity (Wildman–Crippen MR) is 33.2 cm³/mol. The van der Waals surface area contributed by atoms with Crippen LogP contribution in [-0.2, 0) is 4.79 Å². The number of amides is 1. The van der Waals surface area contributed by atoms with Gasteiger partial charge in [-0.25, -0.2) is 0 Å². The van der Waals surface area contributed by atoms with E-state index in [4.69, 9.17) is 5.73 Å². The molecule has 0 radical (unpaired) electrons. The minimum Gasteiger partial charge on any atom is -0.332 e. The maximum absolute atomic E-state index is 10.5. The zero-order valence-corrected chi connectivity index (χ0v) is 5.20. The molecule has 1 amide bonds. The van der Waals surface area contributed by atoms with Gasteiger partial charge in [-0.3, -0.25) is 4.79 Å². The number of nitrogens with one attached hydrogen (secondary N) is 1. The molecular weight excluding hydrogens is 124 g/mol. The number of hydrogen-bond acceptors (Lipinski definition) is 3. The summed E-state index contributed by atoms with van der Waals surface area (Å²) in [5, 5.41) is 2.58. The lowest BCUT2D eigenvalue weighted by atomic mass is 10.4. The first-order chi connectivity index (χ1) is 3.79. The van der Waals surface area contributed by atoms with E-state index in [0.717, 1.165) is 5.75 Å². The number of nitrogens with two attached hydrogens (primary N) is 1. The van der Waals surface area contributed by atoms with E-state index in [1.807, 2.05) is 0 Å². The van der Waals surface area contributed by atoms with Crippen molar-refractivity contribution < 1.29 is 4.79 Å². The lowest BCUT2D eigenvalue weighted by Gasteiger charge is -2.17. The Labute approximate surface area is 52.0 Å². The smallest absolute Gasteiger partial charge is 0.222 e. The SMILES string of the molecule is N[C@@H]1NC(=O)CCS1. The van der Waals surface area contributed by atoms with Gasteiger partial charge < -0.3 is 11.1 Å². The number of carbonyl (C=O) groups excluding carboxylic acids is 1. The lowest BCUT2D eigenvalue weighted by Crippen LogP contribution is -2.42. The summed E-state index contributed by atoms with van der Waals surface area (Å²) >= 11 is 1.57. The van der Waals surface area contributed by atoms with Crippen molar-refractivity contribution in [3.63, 3.8) is 0 Å². The van der Waals surface area contributed by atoms with Gasteiger partial charge in [0.2, 0.25) is 5.91 Å². The average molecular weight is 132 g/mol. The molecule has 3 N–H and O–H groups in total. The van der Waals surface area contributed by atoms with Crippen molar-refractivity contribution in [2.24, 2.45) is 5.73 Å². The van der Waals surface area contributed by atoms with Crippen molar-refractivity contribution in [3.8, 4) is 0 Å². The van der Waals surface area contributed by atoms with Crippen LogP contribution in [0.1, 0.15) is 6.42 Å². The largest absolute Gasteiger partial charge is 0.332 e. The topological polar surface area (TPSA) is 55.1 Å². The van der Waals surface area contributed by atoms with E-state index in [0.29, 0.717) is 6.42 Å². The summed E-state index contributed by atoms with van der Waals surface area (Å²) in [7, 11) is 0. The first kappa shape index (κ1) is 5.91. The fourth-order valence-electron chi connectivity index (χ4n) is 0.551. The highest BCUT2D eigenvalue weighted by Gasteiger charge is 2.13. The summed E-state index contributed by atoms with van der Waals surface area (Å²) in [6, 6.07) is 0. The van der Waals surface area contributed by atoms with E-state index in [1.165, 1.54) is 0 Å². The summed E-state index contributed by atoms with van der Waals surface area (Å²) < 4.78 is 0. The summed E-state index contributed by atoms with van der Waals surface area (Å²) in [6.07, 6.45) is 0.609. The second-order valence-electron chi connectivity index (χ2n) is 1.61. The van der Waals surface area contributed by atoms with Gasteiger partial charge in [-0.2, -0.15) is 0 Å². The Balaban J connectivity index is 2.34. The molecule has 0 aliphatic carbocycles. The van der Waals surface area contributed by atoms with Gasteiger partial charge in [0.1, 0.15) is 5.50 Å². The maximum atomic E-state index is 10.5. The molecule has 1 rings (SSSR count). The van der Waals surface area contributed by atoms with E-state index in [1.54, 1.807) is 11.8 Å². The molecule has 0 spiro atoms. The molecular formula is C4H8N2OS. The molecule has 0 bridgehead atoms. The van der Waals surface area contributed by atoms with Crippen molar-refractivity contribution in [1.29, 1.82) is 0 Å². The van der Waals surface area contributed by atoms with Crippen molar-refractivity contribution in [2.45, 2.75) is 11.9 Å². The highest BCUT2D eigenvalue weighted by Crippen LogP contribution is 2.09. The van der Waals surface area contributed by atoms with Crippen LogP contribution in [0, 0.1) is 0 Å². The van der Waals surface area contributed by atoms with Crippen molar-refractivity contribution in [1.82, 2.24) is 5.32 Å². The molecule has 4 heteroatoms. The van der Waals surface area contributed by atoms with Gasteiger partial charge in [0.25, 0.3) is 0 Å².